The molecule has 2 rings (SSSR count). The van der Waals surface area contributed by atoms with Crippen LogP contribution in [0.1, 0.15) is 18.7 Å². The molecule has 0 spiro atoms. The zero-order valence-electron chi connectivity index (χ0n) is 10.2. The van der Waals surface area contributed by atoms with Gasteiger partial charge in [0.25, 0.3) is 5.69 Å². The number of nitrogens with zero attached hydrogens (tertiary/aromatic N) is 1. The largest absolute Gasteiger partial charge is 0.321 e. The number of nitro benzene ring substituents is 1. The standard InChI is InChI=1S/C13H14N2O2S/c1-13(2,14)12-7-6-11(18-12)9-4-3-5-10(8-9)15(16)17/h3-8H,14H2,1-2H3. The van der Waals surface area contributed by atoms with Gasteiger partial charge < -0.3 is 5.73 Å². The zero-order valence-corrected chi connectivity index (χ0v) is 11.0. The van der Waals surface area contributed by atoms with Gasteiger partial charge in [0.1, 0.15) is 0 Å². The van der Waals surface area contributed by atoms with Crippen LogP contribution < -0.4 is 5.73 Å². The third-order valence-corrected chi connectivity index (χ3v) is 4.06. The van der Waals surface area contributed by atoms with E-state index in [1.807, 2.05) is 32.0 Å². The van der Waals surface area contributed by atoms with E-state index in [1.54, 1.807) is 23.5 Å². The second-order valence-electron chi connectivity index (χ2n) is 4.69. The molecule has 4 nitrogen and oxygen atoms in total. The van der Waals surface area contributed by atoms with E-state index in [-0.39, 0.29) is 16.1 Å². The second-order valence-corrected chi connectivity index (χ2v) is 5.78. The molecule has 0 aliphatic heterocycles. The molecule has 0 unspecified atom stereocenters. The highest BCUT2D eigenvalue weighted by atomic mass is 32.1. The molecule has 5 heteroatoms. The van der Waals surface area contributed by atoms with Crippen molar-refractivity contribution in [1.29, 1.82) is 0 Å². The van der Waals surface area contributed by atoms with E-state index in [0.717, 1.165) is 15.3 Å². The maximum atomic E-state index is 10.7. The Morgan fingerprint density at radius 2 is 2.00 bits per heavy atom. The lowest BCUT2D eigenvalue weighted by Crippen LogP contribution is -2.27. The average Bonchev–Trinajstić information content (AvgIpc) is 2.78. The second kappa shape index (κ2) is 4.51. The Labute approximate surface area is 109 Å². The molecule has 1 heterocycles. The molecule has 1 aromatic carbocycles. The molecule has 2 aromatic rings. The van der Waals surface area contributed by atoms with Crippen LogP contribution in [0.25, 0.3) is 10.4 Å². The number of hydrogen-bond donors (Lipinski definition) is 1. The lowest BCUT2D eigenvalue weighted by atomic mass is 10.1. The summed E-state index contributed by atoms with van der Waals surface area (Å²) in [6.45, 7) is 3.88. The van der Waals surface area contributed by atoms with Gasteiger partial charge in [-0.2, -0.15) is 0 Å². The van der Waals surface area contributed by atoms with Crippen LogP contribution in [0.5, 0.6) is 0 Å². The number of thiophene rings is 1. The van der Waals surface area contributed by atoms with E-state index in [4.69, 9.17) is 5.73 Å². The summed E-state index contributed by atoms with van der Waals surface area (Å²) in [5.74, 6) is 0. The maximum absolute atomic E-state index is 10.7. The monoisotopic (exact) mass is 262 g/mol. The maximum Gasteiger partial charge on any atom is 0.270 e. The Kier molecular flexibility index (Phi) is 3.19. The van der Waals surface area contributed by atoms with Crippen LogP contribution in [0.2, 0.25) is 0 Å². The summed E-state index contributed by atoms with van der Waals surface area (Å²) in [6.07, 6.45) is 0. The van der Waals surface area contributed by atoms with Crippen LogP contribution in [-0.4, -0.2) is 4.92 Å². The predicted molar refractivity (Wildman–Crippen MR) is 73.6 cm³/mol. The van der Waals surface area contributed by atoms with Crippen molar-refractivity contribution in [3.8, 4) is 10.4 Å². The van der Waals surface area contributed by atoms with Crippen LogP contribution in [0.15, 0.2) is 36.4 Å². The summed E-state index contributed by atoms with van der Waals surface area (Å²) in [7, 11) is 0. The van der Waals surface area contributed by atoms with Crippen molar-refractivity contribution in [2.45, 2.75) is 19.4 Å². The van der Waals surface area contributed by atoms with Crippen molar-refractivity contribution in [3.63, 3.8) is 0 Å². The summed E-state index contributed by atoms with van der Waals surface area (Å²) in [5, 5.41) is 10.7. The van der Waals surface area contributed by atoms with Crippen LogP contribution in [0, 0.1) is 10.1 Å². The molecule has 1 aromatic heterocycles. The van der Waals surface area contributed by atoms with E-state index in [9.17, 15) is 10.1 Å². The third-order valence-electron chi connectivity index (χ3n) is 2.58. The van der Waals surface area contributed by atoms with Crippen LogP contribution in [-0.2, 0) is 5.54 Å². The van der Waals surface area contributed by atoms with Crippen LogP contribution in [0.4, 0.5) is 5.69 Å². The fourth-order valence-electron chi connectivity index (χ4n) is 1.61. The van der Waals surface area contributed by atoms with E-state index < -0.39 is 0 Å². The number of non-ortho nitro benzene ring substituents is 1. The highest BCUT2D eigenvalue weighted by molar-refractivity contribution is 7.15. The summed E-state index contributed by atoms with van der Waals surface area (Å²) in [5.41, 5.74) is 6.60. The first kappa shape index (κ1) is 12.7. The molecule has 0 bridgehead atoms. The first-order valence-corrected chi connectivity index (χ1v) is 6.33. The molecule has 0 saturated heterocycles. The molecule has 0 atom stereocenters. The summed E-state index contributed by atoms with van der Waals surface area (Å²) < 4.78 is 0. The van der Waals surface area contributed by atoms with Gasteiger partial charge in [0, 0.05) is 27.4 Å². The fraction of sp³-hybridized carbons (Fsp3) is 0.231. The lowest BCUT2D eigenvalue weighted by molar-refractivity contribution is -0.384. The molecule has 0 fully saturated rings. The molecule has 18 heavy (non-hydrogen) atoms. The van der Waals surface area contributed by atoms with E-state index >= 15 is 0 Å². The minimum absolute atomic E-state index is 0.106. The molecule has 0 aliphatic rings. The topological polar surface area (TPSA) is 69.2 Å². The van der Waals surface area contributed by atoms with Crippen LogP contribution >= 0.6 is 11.3 Å². The summed E-state index contributed by atoms with van der Waals surface area (Å²) in [6, 6.07) is 10.6. The van der Waals surface area contributed by atoms with Gasteiger partial charge in [-0.3, -0.25) is 10.1 Å². The molecule has 0 saturated carbocycles. The Bertz CT molecular complexity index is 585. The smallest absolute Gasteiger partial charge is 0.270 e. The number of hydrogen-bond acceptors (Lipinski definition) is 4. The Morgan fingerprint density at radius 3 is 2.56 bits per heavy atom. The average molecular weight is 262 g/mol. The first-order chi connectivity index (χ1) is 8.38. The van der Waals surface area contributed by atoms with Gasteiger partial charge >= 0.3 is 0 Å². The molecule has 2 N–H and O–H groups in total. The highest BCUT2D eigenvalue weighted by Crippen LogP contribution is 2.34. The van der Waals surface area contributed by atoms with Gasteiger partial charge in [0.05, 0.1) is 4.92 Å². The Balaban J connectivity index is 2.40. The molecule has 0 radical (unpaired) electrons. The Morgan fingerprint density at radius 1 is 1.28 bits per heavy atom. The first-order valence-electron chi connectivity index (χ1n) is 5.52. The highest BCUT2D eigenvalue weighted by Gasteiger charge is 2.17. The van der Waals surface area contributed by atoms with Crippen molar-refractivity contribution in [2.24, 2.45) is 5.73 Å². The van der Waals surface area contributed by atoms with Gasteiger partial charge in [0.15, 0.2) is 0 Å². The van der Waals surface area contributed by atoms with Crippen molar-refractivity contribution in [2.75, 3.05) is 0 Å². The number of nitro groups is 1. The SMILES string of the molecule is CC(C)(N)c1ccc(-c2cccc([N+](=O)[O-])c2)s1. The molecule has 94 valence electrons. The predicted octanol–water partition coefficient (Wildman–Crippen LogP) is 3.52. The number of nitrogens with two attached hydrogens (primary N) is 1. The van der Waals surface area contributed by atoms with Crippen molar-refractivity contribution < 1.29 is 4.92 Å². The minimum atomic E-state index is -0.385. The van der Waals surface area contributed by atoms with E-state index in [0.29, 0.717) is 0 Å². The van der Waals surface area contributed by atoms with Gasteiger partial charge in [0.2, 0.25) is 0 Å². The molecule has 0 amide bonds. The summed E-state index contributed by atoms with van der Waals surface area (Å²) >= 11 is 1.57. The van der Waals surface area contributed by atoms with E-state index in [2.05, 4.69) is 0 Å². The Hall–Kier alpha value is -1.72. The zero-order chi connectivity index (χ0) is 13.3. The normalized spacial score (nSPS) is 11.5. The molecule has 0 aliphatic carbocycles. The number of benzene rings is 1. The van der Waals surface area contributed by atoms with E-state index in [1.165, 1.54) is 6.07 Å². The molecular formula is C13H14N2O2S. The third kappa shape index (κ3) is 2.57. The van der Waals surface area contributed by atoms with Gasteiger partial charge in [-0.25, -0.2) is 0 Å². The minimum Gasteiger partial charge on any atom is -0.321 e. The lowest BCUT2D eigenvalue weighted by Gasteiger charge is -2.15. The quantitative estimate of drug-likeness (QED) is 0.679. The van der Waals surface area contributed by atoms with Crippen molar-refractivity contribution in [1.82, 2.24) is 0 Å². The van der Waals surface area contributed by atoms with Crippen molar-refractivity contribution in [3.05, 3.63) is 51.4 Å². The van der Waals surface area contributed by atoms with Crippen LogP contribution in [0.3, 0.4) is 0 Å². The van der Waals surface area contributed by atoms with Gasteiger partial charge in [-0.05, 0) is 31.5 Å². The summed E-state index contributed by atoms with van der Waals surface area (Å²) in [4.78, 5) is 12.4. The van der Waals surface area contributed by atoms with Gasteiger partial charge in [-0.1, -0.05) is 12.1 Å². The molecular weight excluding hydrogens is 248 g/mol. The van der Waals surface area contributed by atoms with Crippen molar-refractivity contribution >= 4 is 17.0 Å². The number of rotatable bonds is 3. The van der Waals surface area contributed by atoms with Gasteiger partial charge in [-0.15, -0.1) is 11.3 Å². The fourth-order valence-corrected chi connectivity index (χ4v) is 2.63.